The molecule has 6 heteroatoms. The zero-order valence-electron chi connectivity index (χ0n) is 15.4. The number of carbonyl (C=O) groups is 3. The Morgan fingerprint density at radius 2 is 1.52 bits per heavy atom. The molecule has 0 saturated heterocycles. The third-order valence-electron chi connectivity index (χ3n) is 3.73. The summed E-state index contributed by atoms with van der Waals surface area (Å²) in [6.45, 7) is 5.03. The van der Waals surface area contributed by atoms with Gasteiger partial charge in [0.25, 0.3) is 0 Å². The number of hydrogen-bond acceptors (Lipinski definition) is 5. The number of esters is 1. The van der Waals surface area contributed by atoms with Crippen molar-refractivity contribution in [3.8, 4) is 6.07 Å². The first kappa shape index (κ1) is 19.9. The minimum Gasteiger partial charge on any atom is -0.454 e. The van der Waals surface area contributed by atoms with Crippen molar-refractivity contribution in [1.29, 1.82) is 5.26 Å². The molecule has 0 spiro atoms. The Morgan fingerprint density at radius 3 is 2.04 bits per heavy atom. The van der Waals surface area contributed by atoms with Gasteiger partial charge in [-0.3, -0.25) is 9.59 Å². The summed E-state index contributed by atoms with van der Waals surface area (Å²) in [7, 11) is 0. The van der Waals surface area contributed by atoms with Crippen LogP contribution in [0, 0.1) is 16.7 Å². The molecule has 0 radical (unpaired) electrons. The second kappa shape index (κ2) is 8.28. The van der Waals surface area contributed by atoms with Gasteiger partial charge >= 0.3 is 5.97 Å². The number of amides is 1. The molecule has 0 aliphatic heterocycles. The Kier molecular flexibility index (Phi) is 6.09. The molecule has 0 saturated carbocycles. The van der Waals surface area contributed by atoms with Crippen molar-refractivity contribution >= 4 is 23.3 Å². The van der Waals surface area contributed by atoms with E-state index in [2.05, 4.69) is 5.32 Å². The number of carbonyl (C=O) groups excluding carboxylic acids is 3. The molecule has 0 heterocycles. The zero-order chi connectivity index (χ0) is 20.0. The van der Waals surface area contributed by atoms with Crippen LogP contribution in [0.1, 0.15) is 47.1 Å². The van der Waals surface area contributed by atoms with E-state index in [0.717, 1.165) is 0 Å². The van der Waals surface area contributed by atoms with Gasteiger partial charge in [0.05, 0.1) is 17.2 Å². The lowest BCUT2D eigenvalue weighted by molar-refractivity contribution is -0.123. The van der Waals surface area contributed by atoms with Gasteiger partial charge in [-0.15, -0.1) is 0 Å². The summed E-state index contributed by atoms with van der Waals surface area (Å²) in [4.78, 5) is 36.1. The lowest BCUT2D eigenvalue weighted by Crippen LogP contribution is -2.27. The molecule has 27 heavy (non-hydrogen) atoms. The van der Waals surface area contributed by atoms with Gasteiger partial charge < -0.3 is 10.1 Å². The van der Waals surface area contributed by atoms with Gasteiger partial charge in [-0.25, -0.2) is 4.79 Å². The van der Waals surface area contributed by atoms with Crippen molar-refractivity contribution in [1.82, 2.24) is 0 Å². The van der Waals surface area contributed by atoms with Crippen molar-refractivity contribution in [2.45, 2.75) is 20.8 Å². The summed E-state index contributed by atoms with van der Waals surface area (Å²) < 4.78 is 5.02. The molecule has 1 amide bonds. The van der Waals surface area contributed by atoms with Crippen LogP contribution in [0.25, 0.3) is 0 Å². The zero-order valence-corrected chi connectivity index (χ0v) is 15.4. The average molecular weight is 364 g/mol. The van der Waals surface area contributed by atoms with Crippen molar-refractivity contribution in [3.63, 3.8) is 0 Å². The first-order valence-corrected chi connectivity index (χ1v) is 8.33. The van der Waals surface area contributed by atoms with Gasteiger partial charge in [-0.2, -0.15) is 5.26 Å². The van der Waals surface area contributed by atoms with Crippen molar-refractivity contribution < 1.29 is 19.1 Å². The van der Waals surface area contributed by atoms with E-state index in [9.17, 15) is 14.4 Å². The van der Waals surface area contributed by atoms with E-state index in [-0.39, 0.29) is 17.3 Å². The number of anilines is 1. The number of Topliss-reactive ketones (excluding diaryl/α,β-unsaturated/α-hetero) is 1. The van der Waals surface area contributed by atoms with Gasteiger partial charge in [-0.1, -0.05) is 20.8 Å². The van der Waals surface area contributed by atoms with E-state index in [1.54, 1.807) is 24.3 Å². The van der Waals surface area contributed by atoms with Crippen LogP contribution in [0.2, 0.25) is 0 Å². The summed E-state index contributed by atoms with van der Waals surface area (Å²) in [5.74, 6) is -1.12. The van der Waals surface area contributed by atoms with Crippen LogP contribution in [0.15, 0.2) is 48.5 Å². The normalized spacial score (nSPS) is 10.6. The van der Waals surface area contributed by atoms with Crippen LogP contribution in [0.4, 0.5) is 5.69 Å². The number of ketones is 1. The van der Waals surface area contributed by atoms with Gasteiger partial charge in [-0.05, 0) is 48.5 Å². The number of ether oxygens (including phenoxy) is 1. The molecule has 0 aromatic heterocycles. The van der Waals surface area contributed by atoms with Gasteiger partial charge in [0.2, 0.25) is 5.91 Å². The van der Waals surface area contributed by atoms with E-state index >= 15 is 0 Å². The monoisotopic (exact) mass is 364 g/mol. The summed E-state index contributed by atoms with van der Waals surface area (Å²) >= 11 is 0. The Bertz CT molecular complexity index is 886. The molecular formula is C21H20N2O4. The minimum atomic E-state index is -0.637. The first-order valence-electron chi connectivity index (χ1n) is 8.33. The fourth-order valence-electron chi connectivity index (χ4n) is 2.04. The predicted octanol–water partition coefficient (Wildman–Crippen LogP) is 3.58. The van der Waals surface area contributed by atoms with Gasteiger partial charge in [0, 0.05) is 16.7 Å². The third-order valence-corrected chi connectivity index (χ3v) is 3.73. The van der Waals surface area contributed by atoms with E-state index in [0.29, 0.717) is 16.8 Å². The molecule has 0 aliphatic rings. The number of rotatable bonds is 5. The Hall–Kier alpha value is -3.46. The van der Waals surface area contributed by atoms with Gasteiger partial charge in [0.15, 0.2) is 12.4 Å². The fourth-order valence-corrected chi connectivity index (χ4v) is 2.04. The molecule has 2 rings (SSSR count). The largest absolute Gasteiger partial charge is 0.454 e. The summed E-state index contributed by atoms with van der Waals surface area (Å²) in [5, 5.41) is 11.5. The molecule has 2 aromatic rings. The maximum atomic E-state index is 12.2. The second-order valence-corrected chi connectivity index (χ2v) is 6.97. The Labute approximate surface area is 157 Å². The average Bonchev–Trinajstić information content (AvgIpc) is 2.65. The van der Waals surface area contributed by atoms with Crippen molar-refractivity contribution in [3.05, 3.63) is 65.2 Å². The maximum absolute atomic E-state index is 12.2. The Balaban J connectivity index is 1.93. The summed E-state index contributed by atoms with van der Waals surface area (Å²) in [5.41, 5.74) is 1.13. The Morgan fingerprint density at radius 1 is 0.963 bits per heavy atom. The van der Waals surface area contributed by atoms with E-state index in [1.807, 2.05) is 26.8 Å². The van der Waals surface area contributed by atoms with Gasteiger partial charge in [0.1, 0.15) is 0 Å². The van der Waals surface area contributed by atoms with Crippen molar-refractivity contribution in [2.75, 3.05) is 11.9 Å². The van der Waals surface area contributed by atoms with Crippen LogP contribution in [0.3, 0.4) is 0 Å². The molecule has 1 N–H and O–H groups in total. The molecule has 138 valence electrons. The standard InChI is InChI=1S/C21H20N2O4/c1-21(2,3)20(26)23-17-10-8-15(9-11-17)18(24)13-27-19(25)16-6-4-14(12-22)5-7-16/h4-11H,13H2,1-3H3,(H,23,26). The molecule has 6 nitrogen and oxygen atoms in total. The fraction of sp³-hybridized carbons (Fsp3) is 0.238. The topological polar surface area (TPSA) is 96.3 Å². The molecule has 0 fully saturated rings. The highest BCUT2D eigenvalue weighted by molar-refractivity contribution is 6.00. The number of nitrogens with one attached hydrogen (secondary N) is 1. The van der Waals surface area contributed by atoms with Crippen molar-refractivity contribution in [2.24, 2.45) is 5.41 Å². The van der Waals surface area contributed by atoms with Crippen LogP contribution in [0.5, 0.6) is 0 Å². The summed E-state index contributed by atoms with van der Waals surface area (Å²) in [6, 6.07) is 14.3. The summed E-state index contributed by atoms with van der Waals surface area (Å²) in [6.07, 6.45) is 0. The van der Waals surface area contributed by atoms with E-state index in [1.165, 1.54) is 24.3 Å². The highest BCUT2D eigenvalue weighted by Gasteiger charge is 2.21. The van der Waals surface area contributed by atoms with E-state index < -0.39 is 18.0 Å². The molecular weight excluding hydrogens is 344 g/mol. The smallest absolute Gasteiger partial charge is 0.338 e. The SMILES string of the molecule is CC(C)(C)C(=O)Nc1ccc(C(=O)COC(=O)c2ccc(C#N)cc2)cc1. The number of nitriles is 1. The van der Waals surface area contributed by atoms with Crippen LogP contribution >= 0.6 is 0 Å². The minimum absolute atomic E-state index is 0.127. The molecule has 0 unspecified atom stereocenters. The number of nitrogens with zero attached hydrogens (tertiary/aromatic N) is 1. The first-order chi connectivity index (χ1) is 12.7. The van der Waals surface area contributed by atoms with Crippen LogP contribution in [-0.2, 0) is 9.53 Å². The van der Waals surface area contributed by atoms with E-state index in [4.69, 9.17) is 10.00 Å². The third kappa shape index (κ3) is 5.51. The highest BCUT2D eigenvalue weighted by Crippen LogP contribution is 2.18. The quantitative estimate of drug-likeness (QED) is 0.646. The highest BCUT2D eigenvalue weighted by atomic mass is 16.5. The molecule has 0 aliphatic carbocycles. The molecule has 0 atom stereocenters. The predicted molar refractivity (Wildman–Crippen MR) is 100 cm³/mol. The number of benzene rings is 2. The van der Waals surface area contributed by atoms with Crippen LogP contribution in [-0.4, -0.2) is 24.3 Å². The number of hydrogen-bond donors (Lipinski definition) is 1. The maximum Gasteiger partial charge on any atom is 0.338 e. The second-order valence-electron chi connectivity index (χ2n) is 6.97. The lowest BCUT2D eigenvalue weighted by Gasteiger charge is -2.17. The van der Waals surface area contributed by atoms with Crippen LogP contribution < -0.4 is 5.32 Å². The molecule has 2 aromatic carbocycles. The molecule has 0 bridgehead atoms. The lowest BCUT2D eigenvalue weighted by atomic mass is 9.95.